The van der Waals surface area contributed by atoms with E-state index in [0.717, 1.165) is 0 Å². The Balaban J connectivity index is 2.20. The number of benzene rings is 1. The second-order valence-electron chi connectivity index (χ2n) is 6.56. The van der Waals surface area contributed by atoms with Crippen molar-refractivity contribution in [3.05, 3.63) is 63.4 Å². The summed E-state index contributed by atoms with van der Waals surface area (Å²) in [5.74, 6) is -1.84. The quantitative estimate of drug-likeness (QED) is 0.298. The van der Waals surface area contributed by atoms with Crippen molar-refractivity contribution >= 4 is 40.7 Å². The number of Topliss-reactive ketones (excluding diaryl/α,β-unsaturated/α-hetero) is 1. The fourth-order valence-electron chi connectivity index (χ4n) is 3.42. The number of hydrogen-bond acceptors (Lipinski definition) is 6. The molecule has 1 N–H and O–H groups in total. The molecule has 1 aliphatic heterocycles. The zero-order valence-electron chi connectivity index (χ0n) is 16.4. The summed E-state index contributed by atoms with van der Waals surface area (Å²) in [5, 5.41) is 11.5. The maximum atomic E-state index is 12.9. The van der Waals surface area contributed by atoms with Gasteiger partial charge in [-0.3, -0.25) is 14.6 Å². The molecule has 1 fully saturated rings. The Kier molecular flexibility index (Phi) is 6.97. The second-order valence-corrected chi connectivity index (χ2v) is 7.41. The number of pyridine rings is 1. The fourth-order valence-corrected chi connectivity index (χ4v) is 3.99. The molecule has 0 spiro atoms. The first-order chi connectivity index (χ1) is 14.4. The highest BCUT2D eigenvalue weighted by Crippen LogP contribution is 2.42. The van der Waals surface area contributed by atoms with Crippen molar-refractivity contribution in [2.75, 3.05) is 27.4 Å². The molecule has 9 heteroatoms. The molecule has 0 radical (unpaired) electrons. The highest BCUT2D eigenvalue weighted by atomic mass is 35.5. The molecule has 0 aliphatic carbocycles. The van der Waals surface area contributed by atoms with Crippen LogP contribution in [0.1, 0.15) is 23.7 Å². The largest absolute Gasteiger partial charge is 0.507 e. The number of amides is 1. The van der Waals surface area contributed by atoms with E-state index in [1.165, 1.54) is 24.1 Å². The van der Waals surface area contributed by atoms with Crippen LogP contribution in [0.4, 0.5) is 0 Å². The Bertz CT molecular complexity index is 994. The molecule has 1 atom stereocenters. The molecular formula is C21H20Cl2N2O5. The molecule has 3 rings (SSSR count). The van der Waals surface area contributed by atoms with Gasteiger partial charge in [0.05, 0.1) is 29.0 Å². The topological polar surface area (TPSA) is 89.0 Å². The Morgan fingerprint density at radius 1 is 1.23 bits per heavy atom. The number of aliphatic hydroxyl groups is 1. The Morgan fingerprint density at radius 3 is 2.63 bits per heavy atom. The standard InChI is InChI=1S/C21H20Cl2N2O5/c1-29-9-5-8-25-17(15-6-3-4-7-24-15)16(19(27)21(25)28)18(26)13-10-12(22)11-14(23)20(13)30-2/h3-4,6-7,10-11,17,26H,5,8-9H2,1-2H3/b18-16+. The van der Waals surface area contributed by atoms with E-state index in [2.05, 4.69) is 4.98 Å². The molecule has 2 aromatic rings. The monoisotopic (exact) mass is 450 g/mol. The molecule has 0 bridgehead atoms. The normalized spacial score (nSPS) is 18.1. The van der Waals surface area contributed by atoms with Crippen LogP contribution in [0.3, 0.4) is 0 Å². The molecule has 0 saturated carbocycles. The van der Waals surface area contributed by atoms with E-state index in [1.54, 1.807) is 31.5 Å². The smallest absolute Gasteiger partial charge is 0.295 e. The van der Waals surface area contributed by atoms with Gasteiger partial charge in [-0.1, -0.05) is 29.3 Å². The van der Waals surface area contributed by atoms with Gasteiger partial charge in [0.25, 0.3) is 11.7 Å². The average molecular weight is 451 g/mol. The molecule has 1 aliphatic rings. The summed E-state index contributed by atoms with van der Waals surface area (Å²) < 4.78 is 10.4. The van der Waals surface area contributed by atoms with Crippen molar-refractivity contribution in [2.45, 2.75) is 12.5 Å². The highest BCUT2D eigenvalue weighted by Gasteiger charge is 2.46. The molecule has 2 heterocycles. The Hall–Kier alpha value is -2.61. The Labute approximate surface area is 183 Å². The van der Waals surface area contributed by atoms with Crippen LogP contribution in [-0.4, -0.2) is 54.1 Å². The van der Waals surface area contributed by atoms with Gasteiger partial charge in [0.1, 0.15) is 17.6 Å². The number of ketones is 1. The first-order valence-electron chi connectivity index (χ1n) is 9.12. The van der Waals surface area contributed by atoms with E-state index in [1.807, 2.05) is 0 Å². The van der Waals surface area contributed by atoms with E-state index in [4.69, 9.17) is 32.7 Å². The first-order valence-corrected chi connectivity index (χ1v) is 9.88. The SMILES string of the molecule is COCCCN1C(=O)C(=O)/C(=C(/O)c2cc(Cl)cc(Cl)c2OC)C1c1ccccn1. The molecule has 1 saturated heterocycles. The molecular weight excluding hydrogens is 431 g/mol. The number of halogens is 2. The van der Waals surface area contributed by atoms with Crippen molar-refractivity contribution < 1.29 is 24.2 Å². The summed E-state index contributed by atoms with van der Waals surface area (Å²) in [6, 6.07) is 7.17. The summed E-state index contributed by atoms with van der Waals surface area (Å²) in [5.41, 5.74) is 0.460. The third-order valence-corrected chi connectivity index (χ3v) is 5.22. The van der Waals surface area contributed by atoms with Crippen LogP contribution < -0.4 is 4.74 Å². The maximum Gasteiger partial charge on any atom is 0.295 e. The van der Waals surface area contributed by atoms with Crippen LogP contribution in [-0.2, 0) is 14.3 Å². The van der Waals surface area contributed by atoms with Crippen molar-refractivity contribution in [3.8, 4) is 5.75 Å². The van der Waals surface area contributed by atoms with Crippen molar-refractivity contribution in [1.29, 1.82) is 0 Å². The van der Waals surface area contributed by atoms with Crippen LogP contribution in [0, 0.1) is 0 Å². The van der Waals surface area contributed by atoms with Gasteiger partial charge in [0.15, 0.2) is 0 Å². The summed E-state index contributed by atoms with van der Waals surface area (Å²) in [6.07, 6.45) is 2.07. The lowest BCUT2D eigenvalue weighted by molar-refractivity contribution is -0.140. The first kappa shape index (κ1) is 22.1. The van der Waals surface area contributed by atoms with E-state index < -0.39 is 23.5 Å². The van der Waals surface area contributed by atoms with Crippen molar-refractivity contribution in [2.24, 2.45) is 0 Å². The van der Waals surface area contributed by atoms with Gasteiger partial charge in [-0.05, 0) is 30.7 Å². The molecule has 30 heavy (non-hydrogen) atoms. The van der Waals surface area contributed by atoms with Gasteiger partial charge < -0.3 is 19.5 Å². The molecule has 1 amide bonds. The summed E-state index contributed by atoms with van der Waals surface area (Å²) in [7, 11) is 2.94. The number of methoxy groups -OCH3 is 2. The third-order valence-electron chi connectivity index (χ3n) is 4.72. The number of ether oxygens (including phenoxy) is 2. The van der Waals surface area contributed by atoms with E-state index in [9.17, 15) is 14.7 Å². The molecule has 1 aromatic carbocycles. The number of nitrogens with zero attached hydrogens (tertiary/aromatic N) is 2. The highest BCUT2D eigenvalue weighted by molar-refractivity contribution is 6.46. The van der Waals surface area contributed by atoms with Gasteiger partial charge in [-0.25, -0.2) is 0 Å². The van der Waals surface area contributed by atoms with E-state index in [0.29, 0.717) is 18.7 Å². The summed E-state index contributed by atoms with van der Waals surface area (Å²) in [6.45, 7) is 0.666. The van der Waals surface area contributed by atoms with Gasteiger partial charge >= 0.3 is 0 Å². The molecule has 158 valence electrons. The minimum atomic E-state index is -0.870. The number of rotatable bonds is 7. The minimum Gasteiger partial charge on any atom is -0.507 e. The molecule has 7 nitrogen and oxygen atoms in total. The number of likely N-dealkylation sites (tertiary alicyclic amines) is 1. The van der Waals surface area contributed by atoms with E-state index >= 15 is 0 Å². The van der Waals surface area contributed by atoms with Crippen LogP contribution in [0.5, 0.6) is 5.75 Å². The average Bonchev–Trinajstić information content (AvgIpc) is 2.98. The second kappa shape index (κ2) is 9.47. The summed E-state index contributed by atoms with van der Waals surface area (Å²) >= 11 is 12.3. The molecule has 1 unspecified atom stereocenters. The zero-order valence-corrected chi connectivity index (χ0v) is 17.9. The number of aromatic nitrogens is 1. The molecule has 1 aromatic heterocycles. The lowest BCUT2D eigenvalue weighted by Gasteiger charge is -2.24. The van der Waals surface area contributed by atoms with Gasteiger partial charge in [0.2, 0.25) is 0 Å². The van der Waals surface area contributed by atoms with Gasteiger partial charge in [-0.15, -0.1) is 0 Å². The third kappa shape index (κ3) is 4.14. The lowest BCUT2D eigenvalue weighted by atomic mass is 9.97. The predicted octanol–water partition coefficient (Wildman–Crippen LogP) is 3.86. The van der Waals surface area contributed by atoms with Crippen molar-refractivity contribution in [1.82, 2.24) is 9.88 Å². The maximum absolute atomic E-state index is 12.9. The van der Waals surface area contributed by atoms with Crippen LogP contribution in [0.25, 0.3) is 5.76 Å². The van der Waals surface area contributed by atoms with E-state index in [-0.39, 0.29) is 33.5 Å². The number of carbonyl (C=O) groups is 2. The number of carbonyl (C=O) groups excluding carboxylic acids is 2. The lowest BCUT2D eigenvalue weighted by Crippen LogP contribution is -2.31. The van der Waals surface area contributed by atoms with Crippen molar-refractivity contribution in [3.63, 3.8) is 0 Å². The van der Waals surface area contributed by atoms with Crippen LogP contribution in [0.15, 0.2) is 42.1 Å². The summed E-state index contributed by atoms with van der Waals surface area (Å²) in [4.78, 5) is 31.4. The Morgan fingerprint density at radius 2 is 2.00 bits per heavy atom. The number of hydrogen-bond donors (Lipinski definition) is 1. The van der Waals surface area contributed by atoms with Gasteiger partial charge in [-0.2, -0.15) is 0 Å². The van der Waals surface area contributed by atoms with Crippen LogP contribution >= 0.6 is 23.2 Å². The van der Waals surface area contributed by atoms with Crippen LogP contribution in [0.2, 0.25) is 10.0 Å². The predicted molar refractivity (Wildman–Crippen MR) is 113 cm³/mol. The van der Waals surface area contributed by atoms with Gasteiger partial charge in [0, 0.05) is 31.5 Å². The minimum absolute atomic E-state index is 0.104. The fraction of sp³-hybridized carbons (Fsp3) is 0.286. The number of aliphatic hydroxyl groups excluding tert-OH is 1. The zero-order chi connectivity index (χ0) is 21.8.